The van der Waals surface area contributed by atoms with E-state index in [2.05, 4.69) is 218 Å². The van der Waals surface area contributed by atoms with Gasteiger partial charge in [-0.3, -0.25) is 4.99 Å². The van der Waals surface area contributed by atoms with Crippen molar-refractivity contribution in [3.05, 3.63) is 229 Å². The summed E-state index contributed by atoms with van der Waals surface area (Å²) in [4.78, 5) is 10.9. The van der Waals surface area contributed by atoms with Crippen molar-refractivity contribution in [1.29, 1.82) is 0 Å². The van der Waals surface area contributed by atoms with Gasteiger partial charge in [-0.1, -0.05) is 194 Å². The average molecular weight is 716 g/mol. The molecule has 1 aliphatic heterocycles. The number of pyridine rings is 1. The molecule has 0 radical (unpaired) electrons. The number of hydrogen-bond acceptors (Lipinski definition) is 3. The highest BCUT2D eigenvalue weighted by Crippen LogP contribution is 2.41. The maximum Gasteiger partial charge on any atom is 0.133 e. The molecule has 1 aromatic heterocycles. The van der Waals surface area contributed by atoms with Gasteiger partial charge in [-0.2, -0.15) is 0 Å². The fourth-order valence-electron chi connectivity index (χ4n) is 7.91. The number of aromatic nitrogens is 1. The van der Waals surface area contributed by atoms with Gasteiger partial charge >= 0.3 is 0 Å². The van der Waals surface area contributed by atoms with Gasteiger partial charge in [0.25, 0.3) is 0 Å². The van der Waals surface area contributed by atoms with Crippen LogP contribution in [-0.2, 0) is 0 Å². The summed E-state index contributed by atoms with van der Waals surface area (Å²) >= 11 is 0. The van der Waals surface area contributed by atoms with E-state index < -0.39 is 0 Å². The van der Waals surface area contributed by atoms with E-state index in [-0.39, 0.29) is 6.04 Å². The van der Waals surface area contributed by atoms with E-state index in [4.69, 9.17) is 9.98 Å². The first kappa shape index (κ1) is 33.2. The molecule has 1 atom stereocenters. The molecule has 1 aliphatic rings. The molecular weight excluding hydrogens is 679 g/mol. The van der Waals surface area contributed by atoms with Crippen LogP contribution >= 0.6 is 0 Å². The quantitative estimate of drug-likeness (QED) is 0.167. The lowest BCUT2D eigenvalue weighted by atomic mass is 9.89. The molecule has 0 saturated carbocycles. The lowest BCUT2D eigenvalue weighted by molar-refractivity contribution is 0.890. The highest BCUT2D eigenvalue weighted by Gasteiger charge is 2.24. The maximum atomic E-state index is 5.49. The molecule has 3 heteroatoms. The minimum absolute atomic E-state index is 0.277. The van der Waals surface area contributed by atoms with Gasteiger partial charge in [0, 0.05) is 22.2 Å². The minimum atomic E-state index is -0.277. The standard InChI is InChI=1S/C53H37N3/c1-5-15-36(16-6-1)38-25-29-42(30-26-38)49-35-50(56-53(55-49)43-31-27-39(28-32-43)37-17-7-2-8-18-37)47-34-51-52(45-24-14-13-23-44(45)47)46(40-19-9-3-10-20-40)33-48(54-51)41-21-11-4-12-22-41/h1-35,50H,(H,55,56). The molecule has 8 aromatic carbocycles. The van der Waals surface area contributed by atoms with Gasteiger partial charge in [-0.05, 0) is 73.5 Å². The third-order valence-corrected chi connectivity index (χ3v) is 10.7. The molecule has 0 amide bonds. The first-order chi connectivity index (χ1) is 27.7. The highest BCUT2D eigenvalue weighted by atomic mass is 15.0. The van der Waals surface area contributed by atoms with Crippen LogP contribution in [-0.4, -0.2) is 10.8 Å². The zero-order chi connectivity index (χ0) is 37.3. The third-order valence-electron chi connectivity index (χ3n) is 10.7. The van der Waals surface area contributed by atoms with Crippen molar-refractivity contribution in [3.63, 3.8) is 0 Å². The normalized spacial score (nSPS) is 13.9. The molecule has 0 fully saturated rings. The van der Waals surface area contributed by atoms with Gasteiger partial charge in [0.1, 0.15) is 5.84 Å². The van der Waals surface area contributed by atoms with Crippen molar-refractivity contribution in [2.24, 2.45) is 4.99 Å². The van der Waals surface area contributed by atoms with Crippen molar-refractivity contribution in [1.82, 2.24) is 10.3 Å². The summed E-state index contributed by atoms with van der Waals surface area (Å²) in [6.45, 7) is 0. The maximum absolute atomic E-state index is 5.49. The summed E-state index contributed by atoms with van der Waals surface area (Å²) in [5.74, 6) is 0.833. The molecule has 0 aliphatic carbocycles. The van der Waals surface area contributed by atoms with Crippen molar-refractivity contribution in [2.45, 2.75) is 6.04 Å². The van der Waals surface area contributed by atoms with Crippen LogP contribution in [0.5, 0.6) is 0 Å². The third kappa shape index (κ3) is 6.36. The Morgan fingerprint density at radius 3 is 1.45 bits per heavy atom. The van der Waals surface area contributed by atoms with Crippen LogP contribution in [0.25, 0.3) is 72.0 Å². The lowest BCUT2D eigenvalue weighted by Crippen LogP contribution is -2.27. The lowest BCUT2D eigenvalue weighted by Gasteiger charge is -2.25. The molecule has 2 heterocycles. The van der Waals surface area contributed by atoms with Crippen LogP contribution in [0.2, 0.25) is 0 Å². The molecule has 1 N–H and O–H groups in total. The highest BCUT2D eigenvalue weighted by molar-refractivity contribution is 6.15. The van der Waals surface area contributed by atoms with E-state index in [1.807, 2.05) is 0 Å². The van der Waals surface area contributed by atoms with E-state index in [9.17, 15) is 0 Å². The smallest absolute Gasteiger partial charge is 0.133 e. The van der Waals surface area contributed by atoms with Crippen molar-refractivity contribution in [2.75, 3.05) is 0 Å². The predicted molar refractivity (Wildman–Crippen MR) is 234 cm³/mol. The second-order valence-corrected chi connectivity index (χ2v) is 14.2. The van der Waals surface area contributed by atoms with Crippen LogP contribution in [0.1, 0.15) is 22.7 Å². The summed E-state index contributed by atoms with van der Waals surface area (Å²) < 4.78 is 0. The summed E-state index contributed by atoms with van der Waals surface area (Å²) in [7, 11) is 0. The average Bonchev–Trinajstić information content (AvgIpc) is 3.29. The fourth-order valence-corrected chi connectivity index (χ4v) is 7.91. The van der Waals surface area contributed by atoms with Gasteiger partial charge in [-0.25, -0.2) is 4.98 Å². The van der Waals surface area contributed by atoms with Crippen LogP contribution < -0.4 is 5.32 Å². The number of rotatable bonds is 7. The molecular formula is C53H37N3. The molecule has 0 saturated heterocycles. The van der Waals surface area contributed by atoms with Crippen LogP contribution in [0, 0.1) is 0 Å². The fraction of sp³-hybridized carbons (Fsp3) is 0.0189. The first-order valence-corrected chi connectivity index (χ1v) is 19.1. The Balaban J connectivity index is 1.16. The molecule has 10 rings (SSSR count). The zero-order valence-corrected chi connectivity index (χ0v) is 30.7. The van der Waals surface area contributed by atoms with Crippen molar-refractivity contribution < 1.29 is 0 Å². The molecule has 1 unspecified atom stereocenters. The first-order valence-electron chi connectivity index (χ1n) is 19.1. The van der Waals surface area contributed by atoms with Gasteiger partial charge in [0.15, 0.2) is 0 Å². The molecule has 0 spiro atoms. The SMILES string of the molecule is C1=C(c2ccc(-c3ccccc3)cc2)NC(c2ccc(-c3ccccc3)cc2)=NC1c1cc2nc(-c3ccccc3)cc(-c3ccccc3)c2c2ccccc12. The number of hydrogen-bond donors (Lipinski definition) is 1. The van der Waals surface area contributed by atoms with Gasteiger partial charge in [0.2, 0.25) is 0 Å². The van der Waals surface area contributed by atoms with Gasteiger partial charge < -0.3 is 5.32 Å². The van der Waals surface area contributed by atoms with Crippen LogP contribution in [0.4, 0.5) is 0 Å². The Labute approximate surface area is 327 Å². The second-order valence-electron chi connectivity index (χ2n) is 14.2. The van der Waals surface area contributed by atoms with E-state index in [1.165, 1.54) is 27.8 Å². The second kappa shape index (κ2) is 14.5. The summed E-state index contributed by atoms with van der Waals surface area (Å²) in [6, 6.07) is 72.7. The molecule has 0 bridgehead atoms. The Morgan fingerprint density at radius 1 is 0.393 bits per heavy atom. The van der Waals surface area contributed by atoms with E-state index >= 15 is 0 Å². The van der Waals surface area contributed by atoms with E-state index in [1.54, 1.807) is 0 Å². The number of amidine groups is 1. The summed E-state index contributed by atoms with van der Waals surface area (Å²) in [5.41, 5.74) is 14.3. The number of nitrogens with one attached hydrogen (secondary N) is 1. The number of aliphatic imine (C=N–C) groups is 1. The number of nitrogens with zero attached hydrogens (tertiary/aromatic N) is 2. The van der Waals surface area contributed by atoms with Crippen LogP contribution in [0.3, 0.4) is 0 Å². The Hall–Kier alpha value is -7.36. The molecule has 264 valence electrons. The van der Waals surface area contributed by atoms with Gasteiger partial charge in [0.05, 0.1) is 17.3 Å². The van der Waals surface area contributed by atoms with Crippen LogP contribution in [0.15, 0.2) is 217 Å². The minimum Gasteiger partial charge on any atom is -0.340 e. The number of fused-ring (bicyclic) bond motifs is 3. The summed E-state index contributed by atoms with van der Waals surface area (Å²) in [6.07, 6.45) is 2.27. The molecule has 9 aromatic rings. The Bertz CT molecular complexity index is 2780. The topological polar surface area (TPSA) is 37.3 Å². The van der Waals surface area contributed by atoms with Crippen molar-refractivity contribution >= 4 is 33.2 Å². The Kier molecular flexibility index (Phi) is 8.58. The predicted octanol–water partition coefficient (Wildman–Crippen LogP) is 13.2. The largest absolute Gasteiger partial charge is 0.340 e. The monoisotopic (exact) mass is 715 g/mol. The van der Waals surface area contributed by atoms with Gasteiger partial charge in [-0.15, -0.1) is 0 Å². The van der Waals surface area contributed by atoms with E-state index in [0.717, 1.165) is 66.7 Å². The van der Waals surface area contributed by atoms with E-state index in [0.29, 0.717) is 0 Å². The van der Waals surface area contributed by atoms with Crippen molar-refractivity contribution in [3.8, 4) is 44.6 Å². The zero-order valence-electron chi connectivity index (χ0n) is 30.7. The summed E-state index contributed by atoms with van der Waals surface area (Å²) in [5, 5.41) is 7.22. The Morgan fingerprint density at radius 2 is 0.857 bits per heavy atom. The molecule has 3 nitrogen and oxygen atoms in total. The number of benzene rings is 8. The molecule has 56 heavy (non-hydrogen) atoms.